The van der Waals surface area contributed by atoms with Crippen molar-refractivity contribution in [1.29, 1.82) is 0 Å². The molecule has 0 saturated heterocycles. The first-order valence-electron chi connectivity index (χ1n) is 7.45. The highest BCUT2D eigenvalue weighted by molar-refractivity contribution is 5.84. The number of alkyl halides is 2. The summed E-state index contributed by atoms with van der Waals surface area (Å²) in [5.74, 6) is -5.19. The maximum Gasteiger partial charge on any atom is 0.358 e. The van der Waals surface area contributed by atoms with Crippen molar-refractivity contribution in [2.45, 2.75) is 38.7 Å². The third kappa shape index (κ3) is 2.47. The van der Waals surface area contributed by atoms with Gasteiger partial charge in [-0.05, 0) is 12.8 Å². The minimum Gasteiger partial charge on any atom is -0.476 e. The van der Waals surface area contributed by atoms with E-state index >= 15 is 0 Å². The molecule has 1 aromatic rings. The minimum absolute atomic E-state index is 0.0213. The van der Waals surface area contributed by atoms with Crippen molar-refractivity contribution < 1.29 is 23.5 Å². The number of halogens is 2. The van der Waals surface area contributed by atoms with E-state index in [1.165, 1.54) is 24.7 Å². The molecule has 7 nitrogen and oxygen atoms in total. The van der Waals surface area contributed by atoms with E-state index in [-0.39, 0.29) is 30.1 Å². The minimum atomic E-state index is -2.73. The lowest BCUT2D eigenvalue weighted by atomic mass is 9.79. The SMILES string of the molecule is CC1(C)C(CNC(=O)C2CC(n3cc(C(=O)O)nn3)C2)C1(F)F. The van der Waals surface area contributed by atoms with Gasteiger partial charge in [-0.15, -0.1) is 5.10 Å². The quantitative estimate of drug-likeness (QED) is 0.850. The van der Waals surface area contributed by atoms with E-state index in [9.17, 15) is 18.4 Å². The Labute approximate surface area is 131 Å². The summed E-state index contributed by atoms with van der Waals surface area (Å²) in [5, 5.41) is 18.6. The average Bonchev–Trinajstić information content (AvgIpc) is 2.78. The van der Waals surface area contributed by atoms with Crippen LogP contribution in [0.2, 0.25) is 0 Å². The molecule has 23 heavy (non-hydrogen) atoms. The molecular weight excluding hydrogens is 310 g/mol. The maximum absolute atomic E-state index is 13.5. The van der Waals surface area contributed by atoms with Crippen LogP contribution in [0.25, 0.3) is 0 Å². The van der Waals surface area contributed by atoms with E-state index in [0.717, 1.165) is 0 Å². The molecule has 2 aliphatic rings. The molecule has 9 heteroatoms. The summed E-state index contributed by atoms with van der Waals surface area (Å²) in [6.45, 7) is 2.97. The Morgan fingerprint density at radius 3 is 2.52 bits per heavy atom. The Hall–Kier alpha value is -2.06. The molecule has 2 N–H and O–H groups in total. The fraction of sp³-hybridized carbons (Fsp3) is 0.714. The van der Waals surface area contributed by atoms with Crippen LogP contribution >= 0.6 is 0 Å². The molecular formula is C14H18F2N4O3. The second-order valence-corrected chi connectivity index (χ2v) is 6.85. The topological polar surface area (TPSA) is 97.1 Å². The number of nitrogens with zero attached hydrogens (tertiary/aromatic N) is 3. The van der Waals surface area contributed by atoms with Gasteiger partial charge in [0, 0.05) is 17.9 Å². The molecule has 126 valence electrons. The standard InChI is InChI=1S/C14H18F2N4O3/c1-13(2)10(14(13,15)16)5-17-11(21)7-3-8(4-7)20-6-9(12(22)23)18-19-20/h6-8,10H,3-5H2,1-2H3,(H,17,21)(H,22,23). The summed E-state index contributed by atoms with van der Waals surface area (Å²) in [6, 6.07) is -0.0786. The summed E-state index contributed by atoms with van der Waals surface area (Å²) in [5.41, 5.74) is -1.20. The molecule has 0 aromatic carbocycles. The van der Waals surface area contributed by atoms with Gasteiger partial charge in [-0.2, -0.15) is 0 Å². The first-order valence-corrected chi connectivity index (χ1v) is 7.45. The number of rotatable bonds is 5. The Bertz CT molecular complexity index is 638. The van der Waals surface area contributed by atoms with Crippen LogP contribution in [-0.4, -0.2) is 44.4 Å². The van der Waals surface area contributed by atoms with Crippen LogP contribution in [-0.2, 0) is 4.79 Å². The van der Waals surface area contributed by atoms with Crippen LogP contribution in [0.1, 0.15) is 43.2 Å². The second-order valence-electron chi connectivity index (χ2n) is 6.85. The molecule has 2 saturated carbocycles. The van der Waals surface area contributed by atoms with Gasteiger partial charge in [0.25, 0.3) is 5.92 Å². The number of hydrogen-bond acceptors (Lipinski definition) is 4. The summed E-state index contributed by atoms with van der Waals surface area (Å²) in [4.78, 5) is 22.7. The van der Waals surface area contributed by atoms with Crippen molar-refractivity contribution in [3.63, 3.8) is 0 Å². The van der Waals surface area contributed by atoms with E-state index in [2.05, 4.69) is 15.6 Å². The van der Waals surface area contributed by atoms with E-state index in [1.54, 1.807) is 0 Å². The lowest BCUT2D eigenvalue weighted by molar-refractivity contribution is -0.129. The van der Waals surface area contributed by atoms with Gasteiger partial charge >= 0.3 is 5.97 Å². The number of carbonyl (C=O) groups is 2. The third-order valence-electron chi connectivity index (χ3n) is 5.15. The van der Waals surface area contributed by atoms with Gasteiger partial charge in [-0.1, -0.05) is 19.1 Å². The van der Waals surface area contributed by atoms with E-state index in [0.29, 0.717) is 12.8 Å². The lowest BCUT2D eigenvalue weighted by Gasteiger charge is -2.33. The van der Waals surface area contributed by atoms with E-state index in [1.807, 2.05) is 0 Å². The van der Waals surface area contributed by atoms with Crippen LogP contribution in [0.3, 0.4) is 0 Å². The normalized spacial score (nSPS) is 30.3. The van der Waals surface area contributed by atoms with Gasteiger partial charge in [-0.25, -0.2) is 18.3 Å². The highest BCUT2D eigenvalue weighted by Gasteiger charge is 2.74. The van der Waals surface area contributed by atoms with Gasteiger partial charge in [0.2, 0.25) is 5.91 Å². The predicted molar refractivity (Wildman–Crippen MR) is 74.0 cm³/mol. The first kappa shape index (κ1) is 15.8. The van der Waals surface area contributed by atoms with Crippen LogP contribution in [0.4, 0.5) is 8.78 Å². The lowest BCUT2D eigenvalue weighted by Crippen LogP contribution is -2.40. The fourth-order valence-electron chi connectivity index (χ4n) is 3.06. The van der Waals surface area contributed by atoms with Crippen molar-refractivity contribution in [2.24, 2.45) is 17.3 Å². The number of carboxylic acid groups (broad SMARTS) is 1. The number of amides is 1. The molecule has 1 atom stereocenters. The van der Waals surface area contributed by atoms with Gasteiger partial charge in [0.05, 0.1) is 18.2 Å². The van der Waals surface area contributed by atoms with Crippen molar-refractivity contribution in [3.05, 3.63) is 11.9 Å². The Morgan fingerprint density at radius 2 is 2.04 bits per heavy atom. The molecule has 3 rings (SSSR count). The molecule has 1 unspecified atom stereocenters. The largest absolute Gasteiger partial charge is 0.476 e. The predicted octanol–water partition coefficient (Wildman–Crippen LogP) is 1.33. The summed E-state index contributed by atoms with van der Waals surface area (Å²) < 4.78 is 28.3. The molecule has 0 aliphatic heterocycles. The van der Waals surface area contributed by atoms with Gasteiger partial charge in [0.15, 0.2) is 5.69 Å². The molecule has 1 amide bonds. The summed E-state index contributed by atoms with van der Waals surface area (Å²) in [6.07, 6.45) is 2.33. The highest BCUT2D eigenvalue weighted by Crippen LogP contribution is 2.65. The fourth-order valence-corrected chi connectivity index (χ4v) is 3.06. The maximum atomic E-state index is 13.5. The molecule has 0 radical (unpaired) electrons. The van der Waals surface area contributed by atoms with E-state index in [4.69, 9.17) is 5.11 Å². The molecule has 2 fully saturated rings. The van der Waals surface area contributed by atoms with Crippen LogP contribution < -0.4 is 5.32 Å². The summed E-state index contributed by atoms with van der Waals surface area (Å²) in [7, 11) is 0. The van der Waals surface area contributed by atoms with Crippen molar-refractivity contribution in [3.8, 4) is 0 Å². The number of aromatic nitrogens is 3. The summed E-state index contributed by atoms with van der Waals surface area (Å²) >= 11 is 0. The number of aromatic carboxylic acids is 1. The van der Waals surface area contributed by atoms with Crippen molar-refractivity contribution in [1.82, 2.24) is 20.3 Å². The number of carboxylic acids is 1. The smallest absolute Gasteiger partial charge is 0.358 e. The van der Waals surface area contributed by atoms with Crippen LogP contribution in [0, 0.1) is 17.3 Å². The monoisotopic (exact) mass is 328 g/mol. The van der Waals surface area contributed by atoms with Gasteiger partial charge < -0.3 is 10.4 Å². The van der Waals surface area contributed by atoms with E-state index < -0.39 is 23.2 Å². The van der Waals surface area contributed by atoms with Crippen molar-refractivity contribution >= 4 is 11.9 Å². The molecule has 2 aliphatic carbocycles. The van der Waals surface area contributed by atoms with Crippen LogP contribution in [0.15, 0.2) is 6.20 Å². The Morgan fingerprint density at radius 1 is 1.43 bits per heavy atom. The first-order chi connectivity index (χ1) is 10.6. The number of hydrogen-bond donors (Lipinski definition) is 2. The van der Waals surface area contributed by atoms with Crippen LogP contribution in [0.5, 0.6) is 0 Å². The zero-order valence-electron chi connectivity index (χ0n) is 12.8. The molecule has 1 heterocycles. The second kappa shape index (κ2) is 4.97. The molecule has 0 spiro atoms. The van der Waals surface area contributed by atoms with Gasteiger partial charge in [0.1, 0.15) is 0 Å². The third-order valence-corrected chi connectivity index (χ3v) is 5.15. The molecule has 1 aromatic heterocycles. The van der Waals surface area contributed by atoms with Gasteiger partial charge in [-0.3, -0.25) is 4.79 Å². The number of nitrogens with one attached hydrogen (secondary N) is 1. The average molecular weight is 328 g/mol. The zero-order valence-corrected chi connectivity index (χ0v) is 12.8. The molecule has 0 bridgehead atoms. The Balaban J connectivity index is 1.46. The number of carbonyl (C=O) groups excluding carboxylic acids is 1. The van der Waals surface area contributed by atoms with Crippen molar-refractivity contribution in [2.75, 3.05) is 6.54 Å². The highest BCUT2D eigenvalue weighted by atomic mass is 19.3. The zero-order chi connectivity index (χ0) is 17.0. The Kier molecular flexibility index (Phi) is 3.42.